The molecular weight excluding hydrogens is 280 g/mol. The fourth-order valence-corrected chi connectivity index (χ4v) is 2.88. The molecule has 0 saturated heterocycles. The Bertz CT molecular complexity index is 610. The standard InChI is InChI=1S/C18H22O4/c1-5-21-16(19)18(17(20)22-6-2)10-13(4)15-9-12(3)7-8-14(15)11-18/h7-10H,5-6,11H2,1-4H3. The average molecular weight is 302 g/mol. The van der Waals surface area contributed by atoms with Gasteiger partial charge in [-0.1, -0.05) is 29.8 Å². The first-order valence-electron chi connectivity index (χ1n) is 7.58. The summed E-state index contributed by atoms with van der Waals surface area (Å²) in [6, 6.07) is 6.02. The summed E-state index contributed by atoms with van der Waals surface area (Å²) in [4.78, 5) is 25.0. The van der Waals surface area contributed by atoms with Crippen LogP contribution >= 0.6 is 0 Å². The van der Waals surface area contributed by atoms with E-state index in [-0.39, 0.29) is 19.6 Å². The summed E-state index contributed by atoms with van der Waals surface area (Å²) in [6.07, 6.45) is 1.97. The van der Waals surface area contributed by atoms with Crippen LogP contribution in [0.15, 0.2) is 24.3 Å². The van der Waals surface area contributed by atoms with Crippen LogP contribution < -0.4 is 0 Å². The molecule has 0 saturated carbocycles. The molecule has 0 heterocycles. The molecule has 22 heavy (non-hydrogen) atoms. The minimum absolute atomic E-state index is 0.230. The van der Waals surface area contributed by atoms with Crippen LogP contribution in [-0.2, 0) is 25.5 Å². The molecule has 1 aliphatic carbocycles. The fourth-order valence-electron chi connectivity index (χ4n) is 2.88. The number of allylic oxidation sites excluding steroid dienone is 1. The number of benzene rings is 1. The van der Waals surface area contributed by atoms with Gasteiger partial charge in [-0.2, -0.15) is 0 Å². The first-order chi connectivity index (χ1) is 10.4. The Morgan fingerprint density at radius 1 is 1.09 bits per heavy atom. The van der Waals surface area contributed by atoms with Gasteiger partial charge in [0.05, 0.1) is 13.2 Å². The molecule has 0 fully saturated rings. The SMILES string of the molecule is CCOC(=O)C1(C(=O)OCC)C=C(C)c2cc(C)ccc2C1. The number of fused-ring (bicyclic) bond motifs is 1. The smallest absolute Gasteiger partial charge is 0.327 e. The van der Waals surface area contributed by atoms with E-state index in [1.165, 1.54) is 0 Å². The summed E-state index contributed by atoms with van der Waals surface area (Å²) >= 11 is 0. The van der Waals surface area contributed by atoms with Crippen molar-refractivity contribution in [2.75, 3.05) is 13.2 Å². The predicted octanol–water partition coefficient (Wildman–Crippen LogP) is 3.07. The van der Waals surface area contributed by atoms with Crippen LogP contribution in [0.25, 0.3) is 5.57 Å². The van der Waals surface area contributed by atoms with E-state index in [1.807, 2.05) is 26.0 Å². The highest BCUT2D eigenvalue weighted by molar-refractivity contribution is 6.05. The quantitative estimate of drug-likeness (QED) is 0.633. The Morgan fingerprint density at radius 2 is 1.68 bits per heavy atom. The summed E-state index contributed by atoms with van der Waals surface area (Å²) in [5.41, 5.74) is 2.70. The lowest BCUT2D eigenvalue weighted by Crippen LogP contribution is -2.44. The van der Waals surface area contributed by atoms with Crippen molar-refractivity contribution in [3.63, 3.8) is 0 Å². The maximum Gasteiger partial charge on any atom is 0.327 e. The number of aryl methyl sites for hydroxylation is 1. The molecule has 0 bridgehead atoms. The number of hydrogen-bond acceptors (Lipinski definition) is 4. The maximum absolute atomic E-state index is 12.5. The van der Waals surface area contributed by atoms with Gasteiger partial charge in [0.1, 0.15) is 0 Å². The van der Waals surface area contributed by atoms with Crippen LogP contribution in [0.5, 0.6) is 0 Å². The third-order valence-electron chi connectivity index (χ3n) is 3.90. The molecule has 2 rings (SSSR count). The minimum Gasteiger partial charge on any atom is -0.465 e. The number of carbonyl (C=O) groups is 2. The van der Waals surface area contributed by atoms with Crippen molar-refractivity contribution in [1.29, 1.82) is 0 Å². The zero-order valence-corrected chi connectivity index (χ0v) is 13.6. The van der Waals surface area contributed by atoms with Crippen LogP contribution in [0, 0.1) is 12.3 Å². The van der Waals surface area contributed by atoms with Gasteiger partial charge in [-0.15, -0.1) is 0 Å². The highest BCUT2D eigenvalue weighted by atomic mass is 16.6. The van der Waals surface area contributed by atoms with E-state index >= 15 is 0 Å². The Balaban J connectivity index is 2.53. The average Bonchev–Trinajstić information content (AvgIpc) is 2.48. The molecule has 1 aliphatic rings. The van der Waals surface area contributed by atoms with Crippen LogP contribution in [0.4, 0.5) is 0 Å². The molecule has 0 N–H and O–H groups in total. The van der Waals surface area contributed by atoms with Crippen molar-refractivity contribution in [3.8, 4) is 0 Å². The first-order valence-corrected chi connectivity index (χ1v) is 7.58. The third-order valence-corrected chi connectivity index (χ3v) is 3.90. The van der Waals surface area contributed by atoms with Crippen LogP contribution in [-0.4, -0.2) is 25.2 Å². The van der Waals surface area contributed by atoms with Crippen molar-refractivity contribution in [2.45, 2.75) is 34.1 Å². The minimum atomic E-state index is -1.38. The second-order valence-corrected chi connectivity index (χ2v) is 5.58. The van der Waals surface area contributed by atoms with Crippen LogP contribution in [0.2, 0.25) is 0 Å². The summed E-state index contributed by atoms with van der Waals surface area (Å²) in [6.45, 7) is 7.85. The molecular formula is C18H22O4. The summed E-state index contributed by atoms with van der Waals surface area (Å²) in [7, 11) is 0. The Kier molecular flexibility index (Phi) is 4.69. The van der Waals surface area contributed by atoms with Crippen molar-refractivity contribution in [1.82, 2.24) is 0 Å². The van der Waals surface area contributed by atoms with Crippen molar-refractivity contribution in [2.24, 2.45) is 5.41 Å². The molecule has 4 heteroatoms. The molecule has 0 atom stereocenters. The summed E-state index contributed by atoms with van der Waals surface area (Å²) in [5.74, 6) is -1.09. The van der Waals surface area contributed by atoms with Gasteiger partial charge in [0, 0.05) is 6.42 Å². The molecule has 0 aliphatic heterocycles. The van der Waals surface area contributed by atoms with Gasteiger partial charge >= 0.3 is 11.9 Å². The number of rotatable bonds is 4. The fraction of sp³-hybridized carbons (Fsp3) is 0.444. The number of carbonyl (C=O) groups excluding carboxylic acids is 2. The first kappa shape index (κ1) is 16.3. The molecule has 118 valence electrons. The zero-order valence-electron chi connectivity index (χ0n) is 13.6. The van der Waals surface area contributed by atoms with Gasteiger partial charge in [-0.3, -0.25) is 9.59 Å². The lowest BCUT2D eigenvalue weighted by molar-refractivity contribution is -0.168. The Labute approximate surface area is 131 Å². The lowest BCUT2D eigenvalue weighted by Gasteiger charge is -2.31. The number of ether oxygens (including phenoxy) is 2. The molecule has 0 aromatic heterocycles. The number of hydrogen-bond donors (Lipinski definition) is 0. The van der Waals surface area contributed by atoms with Gasteiger partial charge in [-0.25, -0.2) is 0 Å². The Hall–Kier alpha value is -2.10. The van der Waals surface area contributed by atoms with Crippen LogP contribution in [0.3, 0.4) is 0 Å². The third kappa shape index (κ3) is 2.78. The van der Waals surface area contributed by atoms with Gasteiger partial charge in [0.15, 0.2) is 5.41 Å². The van der Waals surface area contributed by atoms with Gasteiger partial charge in [-0.05, 0) is 44.4 Å². The van der Waals surface area contributed by atoms with Gasteiger partial charge in [0.25, 0.3) is 0 Å². The highest BCUT2D eigenvalue weighted by Gasteiger charge is 2.49. The largest absolute Gasteiger partial charge is 0.465 e. The monoisotopic (exact) mass is 302 g/mol. The van der Waals surface area contributed by atoms with E-state index in [0.29, 0.717) is 0 Å². The topological polar surface area (TPSA) is 52.6 Å². The molecule has 0 amide bonds. The summed E-state index contributed by atoms with van der Waals surface area (Å²) < 4.78 is 10.3. The van der Waals surface area contributed by atoms with E-state index in [2.05, 4.69) is 6.07 Å². The van der Waals surface area contributed by atoms with E-state index in [1.54, 1.807) is 19.9 Å². The van der Waals surface area contributed by atoms with E-state index in [4.69, 9.17) is 9.47 Å². The zero-order chi connectivity index (χ0) is 16.3. The summed E-state index contributed by atoms with van der Waals surface area (Å²) in [5, 5.41) is 0. The highest BCUT2D eigenvalue weighted by Crippen LogP contribution is 2.39. The van der Waals surface area contributed by atoms with E-state index in [0.717, 1.165) is 22.3 Å². The molecule has 0 spiro atoms. The maximum atomic E-state index is 12.5. The van der Waals surface area contributed by atoms with E-state index < -0.39 is 17.4 Å². The molecule has 4 nitrogen and oxygen atoms in total. The van der Waals surface area contributed by atoms with Gasteiger partial charge < -0.3 is 9.47 Å². The number of esters is 2. The van der Waals surface area contributed by atoms with Crippen molar-refractivity contribution < 1.29 is 19.1 Å². The normalized spacial score (nSPS) is 15.5. The second kappa shape index (κ2) is 6.34. The lowest BCUT2D eigenvalue weighted by atomic mass is 9.73. The Morgan fingerprint density at radius 3 is 2.23 bits per heavy atom. The van der Waals surface area contributed by atoms with Crippen molar-refractivity contribution >= 4 is 17.5 Å². The van der Waals surface area contributed by atoms with Gasteiger partial charge in [0.2, 0.25) is 0 Å². The van der Waals surface area contributed by atoms with E-state index in [9.17, 15) is 9.59 Å². The van der Waals surface area contributed by atoms with Crippen LogP contribution in [0.1, 0.15) is 37.5 Å². The van der Waals surface area contributed by atoms with Crippen molar-refractivity contribution in [3.05, 3.63) is 41.0 Å². The molecule has 1 aromatic carbocycles. The predicted molar refractivity (Wildman–Crippen MR) is 84.2 cm³/mol. The second-order valence-electron chi connectivity index (χ2n) is 5.58. The molecule has 1 aromatic rings. The molecule has 0 radical (unpaired) electrons. The molecule has 0 unspecified atom stereocenters.